The molecule has 1 aromatic heterocycles. The van der Waals surface area contributed by atoms with E-state index in [1.165, 1.54) is 18.4 Å². The number of benzene rings is 1. The van der Waals surface area contributed by atoms with Crippen LogP contribution in [-0.4, -0.2) is 42.5 Å². The summed E-state index contributed by atoms with van der Waals surface area (Å²) in [6.07, 6.45) is 5.70. The molecule has 0 radical (unpaired) electrons. The van der Waals surface area contributed by atoms with Gasteiger partial charge in [-0.2, -0.15) is 0 Å². The molecule has 3 rings (SSSR count). The maximum atomic E-state index is 12.3. The van der Waals surface area contributed by atoms with E-state index in [-0.39, 0.29) is 11.9 Å². The molecule has 5 heteroatoms. The van der Waals surface area contributed by atoms with Crippen molar-refractivity contribution < 1.29 is 9.53 Å². The van der Waals surface area contributed by atoms with E-state index in [4.69, 9.17) is 4.74 Å². The van der Waals surface area contributed by atoms with E-state index in [1.807, 2.05) is 12.1 Å². The number of ether oxygens (including phenoxy) is 1. The van der Waals surface area contributed by atoms with Gasteiger partial charge in [0.25, 0.3) is 5.91 Å². The van der Waals surface area contributed by atoms with E-state index in [0.29, 0.717) is 12.1 Å². The van der Waals surface area contributed by atoms with Crippen LogP contribution in [0.15, 0.2) is 48.8 Å². The van der Waals surface area contributed by atoms with Crippen molar-refractivity contribution in [3.8, 4) is 5.75 Å². The Morgan fingerprint density at radius 2 is 1.83 bits per heavy atom. The first kappa shape index (κ1) is 16.5. The van der Waals surface area contributed by atoms with Gasteiger partial charge in [0.2, 0.25) is 0 Å². The monoisotopic (exact) mass is 325 g/mol. The summed E-state index contributed by atoms with van der Waals surface area (Å²) in [5, 5.41) is 3.06. The maximum absolute atomic E-state index is 12.3. The van der Waals surface area contributed by atoms with E-state index in [2.05, 4.69) is 27.3 Å². The molecule has 1 fully saturated rings. The smallest absolute Gasteiger partial charge is 0.251 e. The third kappa shape index (κ3) is 3.92. The molecule has 1 N–H and O–H groups in total. The number of hydrogen-bond acceptors (Lipinski definition) is 4. The molecule has 1 aliphatic rings. The van der Waals surface area contributed by atoms with Crippen LogP contribution in [0.1, 0.15) is 34.8 Å². The minimum absolute atomic E-state index is 0.0601. The highest BCUT2D eigenvalue weighted by molar-refractivity contribution is 5.93. The number of amides is 1. The highest BCUT2D eigenvalue weighted by Gasteiger charge is 2.24. The average molecular weight is 325 g/mol. The molecule has 1 aromatic carbocycles. The van der Waals surface area contributed by atoms with Gasteiger partial charge in [0.15, 0.2) is 0 Å². The van der Waals surface area contributed by atoms with Gasteiger partial charge in [0.05, 0.1) is 13.2 Å². The van der Waals surface area contributed by atoms with Crippen molar-refractivity contribution in [1.29, 1.82) is 0 Å². The van der Waals surface area contributed by atoms with Crippen LogP contribution >= 0.6 is 0 Å². The van der Waals surface area contributed by atoms with Gasteiger partial charge in [-0.25, -0.2) is 0 Å². The van der Waals surface area contributed by atoms with E-state index in [9.17, 15) is 4.79 Å². The minimum atomic E-state index is -0.0601. The average Bonchev–Trinajstić information content (AvgIpc) is 3.17. The number of nitrogens with one attached hydrogen (secondary N) is 1. The van der Waals surface area contributed by atoms with Gasteiger partial charge in [-0.1, -0.05) is 12.1 Å². The minimum Gasteiger partial charge on any atom is -0.497 e. The van der Waals surface area contributed by atoms with Crippen molar-refractivity contribution in [2.24, 2.45) is 0 Å². The first-order valence-electron chi connectivity index (χ1n) is 8.34. The molecule has 0 bridgehead atoms. The third-order valence-corrected chi connectivity index (χ3v) is 4.48. The van der Waals surface area contributed by atoms with Crippen LogP contribution in [0.3, 0.4) is 0 Å². The van der Waals surface area contributed by atoms with Gasteiger partial charge in [-0.15, -0.1) is 0 Å². The molecule has 5 nitrogen and oxygen atoms in total. The predicted molar refractivity (Wildman–Crippen MR) is 93.1 cm³/mol. The summed E-state index contributed by atoms with van der Waals surface area (Å²) in [6.45, 7) is 2.73. The lowest BCUT2D eigenvalue weighted by Gasteiger charge is -2.28. The molecule has 2 heterocycles. The second kappa shape index (κ2) is 7.93. The standard InChI is InChI=1S/C19H23N3O2/c1-24-17-6-4-15(5-7-17)18(22-12-2-3-13-22)14-21-19(23)16-8-10-20-11-9-16/h4-11,18H,2-3,12-14H2,1H3,(H,21,23)/t18-/m1/s1. The fourth-order valence-corrected chi connectivity index (χ4v) is 3.13. The normalized spacial score (nSPS) is 15.9. The van der Waals surface area contributed by atoms with E-state index in [1.54, 1.807) is 31.6 Å². The number of pyridine rings is 1. The first-order chi connectivity index (χ1) is 11.8. The zero-order valence-corrected chi connectivity index (χ0v) is 13.9. The SMILES string of the molecule is COc1ccc([C@@H](CNC(=O)c2ccncc2)N2CCCC2)cc1. The number of methoxy groups -OCH3 is 1. The van der Waals surface area contributed by atoms with E-state index < -0.39 is 0 Å². The van der Waals surface area contributed by atoms with Crippen molar-refractivity contribution in [2.75, 3.05) is 26.7 Å². The molecule has 0 saturated carbocycles. The Balaban J connectivity index is 1.71. The molecule has 24 heavy (non-hydrogen) atoms. The number of rotatable bonds is 6. The van der Waals surface area contributed by atoms with Gasteiger partial charge in [0.1, 0.15) is 5.75 Å². The molecular formula is C19H23N3O2. The van der Waals surface area contributed by atoms with Crippen LogP contribution in [0.25, 0.3) is 0 Å². The Bertz CT molecular complexity index is 652. The summed E-state index contributed by atoms with van der Waals surface area (Å²) in [4.78, 5) is 18.7. The van der Waals surface area contributed by atoms with Crippen LogP contribution in [-0.2, 0) is 0 Å². The van der Waals surface area contributed by atoms with Crippen LogP contribution in [0, 0.1) is 0 Å². The molecule has 1 atom stereocenters. The third-order valence-electron chi connectivity index (χ3n) is 4.48. The van der Waals surface area contributed by atoms with Gasteiger partial charge in [-0.3, -0.25) is 14.7 Å². The van der Waals surface area contributed by atoms with Crippen molar-refractivity contribution in [2.45, 2.75) is 18.9 Å². The number of carbonyl (C=O) groups excluding carboxylic acids is 1. The number of nitrogens with zero attached hydrogens (tertiary/aromatic N) is 2. The quantitative estimate of drug-likeness (QED) is 0.887. The van der Waals surface area contributed by atoms with Crippen molar-refractivity contribution in [3.63, 3.8) is 0 Å². The summed E-state index contributed by atoms with van der Waals surface area (Å²) >= 11 is 0. The number of carbonyl (C=O) groups is 1. The Morgan fingerprint density at radius 1 is 1.17 bits per heavy atom. The molecular weight excluding hydrogens is 302 g/mol. The molecule has 1 aliphatic heterocycles. The molecule has 1 amide bonds. The molecule has 0 aliphatic carbocycles. The molecule has 126 valence electrons. The van der Waals surface area contributed by atoms with Crippen LogP contribution in [0.5, 0.6) is 5.75 Å². The number of aromatic nitrogens is 1. The lowest BCUT2D eigenvalue weighted by molar-refractivity contribution is 0.0938. The lowest BCUT2D eigenvalue weighted by atomic mass is 10.0. The lowest BCUT2D eigenvalue weighted by Crippen LogP contribution is -2.36. The molecule has 2 aromatic rings. The van der Waals surface area contributed by atoms with Gasteiger partial charge >= 0.3 is 0 Å². The van der Waals surface area contributed by atoms with Crippen molar-refractivity contribution in [3.05, 3.63) is 59.9 Å². The fraction of sp³-hybridized carbons (Fsp3) is 0.368. The maximum Gasteiger partial charge on any atom is 0.251 e. The van der Waals surface area contributed by atoms with Crippen molar-refractivity contribution >= 4 is 5.91 Å². The zero-order valence-electron chi connectivity index (χ0n) is 13.9. The second-order valence-electron chi connectivity index (χ2n) is 5.98. The largest absolute Gasteiger partial charge is 0.497 e. The van der Waals surface area contributed by atoms with Gasteiger partial charge in [-0.05, 0) is 55.8 Å². The number of likely N-dealkylation sites (tertiary alicyclic amines) is 1. The van der Waals surface area contributed by atoms with E-state index in [0.717, 1.165) is 18.8 Å². The highest BCUT2D eigenvalue weighted by Crippen LogP contribution is 2.26. The highest BCUT2D eigenvalue weighted by atomic mass is 16.5. The Labute approximate surface area is 142 Å². The van der Waals surface area contributed by atoms with Gasteiger partial charge in [0, 0.05) is 24.5 Å². The van der Waals surface area contributed by atoms with Crippen LogP contribution in [0.4, 0.5) is 0 Å². The Kier molecular flexibility index (Phi) is 5.43. The summed E-state index contributed by atoms with van der Waals surface area (Å²) in [5.74, 6) is 0.787. The molecule has 0 spiro atoms. The molecule has 0 unspecified atom stereocenters. The molecule has 1 saturated heterocycles. The topological polar surface area (TPSA) is 54.5 Å². The number of hydrogen-bond donors (Lipinski definition) is 1. The van der Waals surface area contributed by atoms with Gasteiger partial charge < -0.3 is 10.1 Å². The summed E-state index contributed by atoms with van der Waals surface area (Å²) in [7, 11) is 1.67. The van der Waals surface area contributed by atoms with Crippen molar-refractivity contribution in [1.82, 2.24) is 15.2 Å². The zero-order chi connectivity index (χ0) is 16.8. The summed E-state index contributed by atoms with van der Waals surface area (Å²) < 4.78 is 5.24. The van der Waals surface area contributed by atoms with E-state index >= 15 is 0 Å². The van der Waals surface area contributed by atoms with Crippen LogP contribution < -0.4 is 10.1 Å². The fourth-order valence-electron chi connectivity index (χ4n) is 3.13. The summed E-state index contributed by atoms with van der Waals surface area (Å²) in [6, 6.07) is 11.8. The Hall–Kier alpha value is -2.40. The second-order valence-corrected chi connectivity index (χ2v) is 5.98. The van der Waals surface area contributed by atoms with Crippen LogP contribution in [0.2, 0.25) is 0 Å². The first-order valence-corrected chi connectivity index (χ1v) is 8.34. The summed E-state index contributed by atoms with van der Waals surface area (Å²) in [5.41, 5.74) is 1.84. The Morgan fingerprint density at radius 3 is 2.46 bits per heavy atom. The predicted octanol–water partition coefficient (Wildman–Crippen LogP) is 2.66.